The third kappa shape index (κ3) is 3.35. The number of pyridine rings is 1. The number of halogens is 1. The highest BCUT2D eigenvalue weighted by atomic mass is 32.1. The lowest BCUT2D eigenvalue weighted by Crippen LogP contribution is -2.29. The first kappa shape index (κ1) is 15.1. The molecule has 1 amide bonds. The summed E-state index contributed by atoms with van der Waals surface area (Å²) >= 11 is 1.26. The first-order chi connectivity index (χ1) is 11.1. The molecule has 1 aromatic carbocycles. The van der Waals surface area contributed by atoms with E-state index in [0.29, 0.717) is 10.7 Å². The minimum absolute atomic E-state index is 0.0148. The van der Waals surface area contributed by atoms with Crippen molar-refractivity contribution < 1.29 is 9.18 Å². The minimum Gasteiger partial charge on any atom is -0.310 e. The highest BCUT2D eigenvalue weighted by Crippen LogP contribution is 2.11. The first-order valence-corrected chi connectivity index (χ1v) is 7.67. The van der Waals surface area contributed by atoms with Gasteiger partial charge >= 0.3 is 0 Å². The number of benzene rings is 1. The van der Waals surface area contributed by atoms with Crippen LogP contribution in [0.25, 0.3) is 0 Å². The molecule has 3 aromatic rings. The Bertz CT molecular complexity index is 890. The van der Waals surface area contributed by atoms with Gasteiger partial charge in [-0.05, 0) is 18.2 Å². The number of aromatic nitrogens is 2. The standard InChI is InChI=1S/C16H12FN3O2S/c17-13-6-2-1-4-11(13)10-20-8-3-5-12(15(20)22)14(21)19-16-18-7-9-23-16/h1-9H,10H2,(H,18,19,21). The van der Waals surface area contributed by atoms with Crippen molar-refractivity contribution in [2.24, 2.45) is 0 Å². The number of nitrogens with one attached hydrogen (secondary N) is 1. The van der Waals surface area contributed by atoms with Crippen LogP contribution in [0.1, 0.15) is 15.9 Å². The largest absolute Gasteiger partial charge is 0.310 e. The molecule has 0 aliphatic rings. The molecule has 0 radical (unpaired) electrons. The molecular formula is C16H12FN3O2S. The van der Waals surface area contributed by atoms with Crippen LogP contribution in [-0.4, -0.2) is 15.5 Å². The molecule has 116 valence electrons. The number of amides is 1. The predicted molar refractivity (Wildman–Crippen MR) is 86.3 cm³/mol. The predicted octanol–water partition coefficient (Wildman–Crippen LogP) is 2.74. The molecular weight excluding hydrogens is 317 g/mol. The van der Waals surface area contributed by atoms with E-state index >= 15 is 0 Å². The number of hydrogen-bond donors (Lipinski definition) is 1. The van der Waals surface area contributed by atoms with Gasteiger partial charge < -0.3 is 4.57 Å². The molecule has 0 spiro atoms. The van der Waals surface area contributed by atoms with E-state index in [0.717, 1.165) is 0 Å². The molecule has 0 saturated heterocycles. The number of anilines is 1. The molecule has 7 heteroatoms. The summed E-state index contributed by atoms with van der Waals surface area (Å²) in [7, 11) is 0. The van der Waals surface area contributed by atoms with Gasteiger partial charge in [0.25, 0.3) is 11.5 Å². The molecule has 0 atom stereocenters. The monoisotopic (exact) mass is 329 g/mol. The highest BCUT2D eigenvalue weighted by Gasteiger charge is 2.14. The molecule has 2 heterocycles. The summed E-state index contributed by atoms with van der Waals surface area (Å²) in [4.78, 5) is 28.5. The van der Waals surface area contributed by atoms with Gasteiger partial charge in [-0.3, -0.25) is 14.9 Å². The number of thiazole rings is 1. The van der Waals surface area contributed by atoms with Crippen LogP contribution >= 0.6 is 11.3 Å². The molecule has 2 aromatic heterocycles. The first-order valence-electron chi connectivity index (χ1n) is 6.79. The summed E-state index contributed by atoms with van der Waals surface area (Å²) < 4.78 is 15.0. The summed E-state index contributed by atoms with van der Waals surface area (Å²) in [6.07, 6.45) is 3.08. The maximum absolute atomic E-state index is 13.7. The van der Waals surface area contributed by atoms with Crippen molar-refractivity contribution in [3.63, 3.8) is 0 Å². The van der Waals surface area contributed by atoms with Gasteiger partial charge in [0.05, 0.1) is 6.54 Å². The van der Waals surface area contributed by atoms with Gasteiger partial charge in [0.15, 0.2) is 5.13 Å². The van der Waals surface area contributed by atoms with Crippen molar-refractivity contribution in [2.45, 2.75) is 6.54 Å². The Hall–Kier alpha value is -2.80. The Morgan fingerprint density at radius 3 is 2.83 bits per heavy atom. The average Bonchev–Trinajstić information content (AvgIpc) is 3.04. The van der Waals surface area contributed by atoms with E-state index in [1.54, 1.807) is 35.8 Å². The molecule has 23 heavy (non-hydrogen) atoms. The average molecular weight is 329 g/mol. The highest BCUT2D eigenvalue weighted by molar-refractivity contribution is 7.13. The zero-order valence-electron chi connectivity index (χ0n) is 11.9. The summed E-state index contributed by atoms with van der Waals surface area (Å²) in [5.41, 5.74) is -0.115. The van der Waals surface area contributed by atoms with Crippen LogP contribution in [0.5, 0.6) is 0 Å². The smallest absolute Gasteiger partial charge is 0.263 e. The topological polar surface area (TPSA) is 64.0 Å². The van der Waals surface area contributed by atoms with Crippen LogP contribution in [0.4, 0.5) is 9.52 Å². The van der Waals surface area contributed by atoms with E-state index in [4.69, 9.17) is 0 Å². The van der Waals surface area contributed by atoms with E-state index < -0.39 is 17.3 Å². The summed E-state index contributed by atoms with van der Waals surface area (Å²) in [5, 5.41) is 4.70. The van der Waals surface area contributed by atoms with E-state index in [1.807, 2.05) is 0 Å². The number of rotatable bonds is 4. The lowest BCUT2D eigenvalue weighted by Gasteiger charge is -2.08. The molecule has 0 bridgehead atoms. The number of carbonyl (C=O) groups excluding carboxylic acids is 1. The second kappa shape index (κ2) is 6.53. The van der Waals surface area contributed by atoms with Gasteiger partial charge in [0.2, 0.25) is 0 Å². The van der Waals surface area contributed by atoms with Gasteiger partial charge in [-0.15, -0.1) is 11.3 Å². The van der Waals surface area contributed by atoms with Crippen molar-refractivity contribution in [3.8, 4) is 0 Å². The van der Waals surface area contributed by atoms with E-state index in [-0.39, 0.29) is 12.1 Å². The number of hydrogen-bond acceptors (Lipinski definition) is 4. The molecule has 0 unspecified atom stereocenters. The fourth-order valence-corrected chi connectivity index (χ4v) is 2.62. The second-order valence-corrected chi connectivity index (χ2v) is 5.63. The molecule has 0 saturated carbocycles. The van der Waals surface area contributed by atoms with Gasteiger partial charge in [-0.25, -0.2) is 9.37 Å². The molecule has 5 nitrogen and oxygen atoms in total. The fourth-order valence-electron chi connectivity index (χ4n) is 2.09. The van der Waals surface area contributed by atoms with Gasteiger partial charge in [0.1, 0.15) is 11.4 Å². The Labute approximate surface area is 135 Å². The SMILES string of the molecule is O=C(Nc1nccs1)c1cccn(Cc2ccccc2F)c1=O. The van der Waals surface area contributed by atoms with Crippen LogP contribution in [0.3, 0.4) is 0 Å². The Kier molecular flexibility index (Phi) is 4.29. The van der Waals surface area contributed by atoms with E-state index in [1.165, 1.54) is 34.2 Å². The Morgan fingerprint density at radius 2 is 2.09 bits per heavy atom. The fraction of sp³-hybridized carbons (Fsp3) is 0.0625. The quantitative estimate of drug-likeness (QED) is 0.800. The Morgan fingerprint density at radius 1 is 1.26 bits per heavy atom. The van der Waals surface area contributed by atoms with Crippen molar-refractivity contribution >= 4 is 22.4 Å². The van der Waals surface area contributed by atoms with Crippen LogP contribution in [0.15, 0.2) is 59.0 Å². The summed E-state index contributed by atoms with van der Waals surface area (Å²) in [6.45, 7) is 0.0594. The van der Waals surface area contributed by atoms with Crippen molar-refractivity contribution in [1.82, 2.24) is 9.55 Å². The third-order valence-corrected chi connectivity index (χ3v) is 3.90. The van der Waals surface area contributed by atoms with Crippen LogP contribution in [0.2, 0.25) is 0 Å². The molecule has 3 rings (SSSR count). The van der Waals surface area contributed by atoms with Crippen molar-refractivity contribution in [2.75, 3.05) is 5.32 Å². The van der Waals surface area contributed by atoms with Crippen LogP contribution in [-0.2, 0) is 6.54 Å². The zero-order valence-corrected chi connectivity index (χ0v) is 12.7. The van der Waals surface area contributed by atoms with Crippen LogP contribution < -0.4 is 10.9 Å². The summed E-state index contributed by atoms with van der Waals surface area (Å²) in [5.74, 6) is -0.926. The minimum atomic E-state index is -0.534. The molecule has 1 N–H and O–H groups in total. The van der Waals surface area contributed by atoms with E-state index in [9.17, 15) is 14.0 Å². The lowest BCUT2D eigenvalue weighted by atomic mass is 10.2. The summed E-state index contributed by atoms with van der Waals surface area (Å²) in [6, 6.07) is 9.23. The molecule has 0 aliphatic carbocycles. The van der Waals surface area contributed by atoms with Crippen molar-refractivity contribution in [1.29, 1.82) is 0 Å². The normalized spacial score (nSPS) is 10.5. The lowest BCUT2D eigenvalue weighted by molar-refractivity contribution is 0.102. The van der Waals surface area contributed by atoms with Gasteiger partial charge in [-0.1, -0.05) is 18.2 Å². The van der Waals surface area contributed by atoms with E-state index in [2.05, 4.69) is 10.3 Å². The third-order valence-electron chi connectivity index (χ3n) is 3.22. The van der Waals surface area contributed by atoms with Crippen LogP contribution in [0, 0.1) is 5.82 Å². The second-order valence-electron chi connectivity index (χ2n) is 4.74. The van der Waals surface area contributed by atoms with Crippen molar-refractivity contribution in [3.05, 3.63) is 81.5 Å². The number of carbonyl (C=O) groups is 1. The van der Waals surface area contributed by atoms with Gasteiger partial charge in [0, 0.05) is 23.3 Å². The maximum Gasteiger partial charge on any atom is 0.263 e. The zero-order chi connectivity index (χ0) is 16.2. The molecule has 0 fully saturated rings. The van der Waals surface area contributed by atoms with Gasteiger partial charge in [-0.2, -0.15) is 0 Å². The molecule has 0 aliphatic heterocycles. The Balaban J connectivity index is 1.88. The number of nitrogens with zero attached hydrogens (tertiary/aromatic N) is 2. The maximum atomic E-state index is 13.7.